The van der Waals surface area contributed by atoms with Crippen LogP contribution in [0.4, 0.5) is 0 Å². The van der Waals surface area contributed by atoms with Gasteiger partial charge in [-0.2, -0.15) is 0 Å². The van der Waals surface area contributed by atoms with E-state index in [2.05, 4.69) is 46.6 Å². The maximum Gasteiger partial charge on any atom is 0.251 e. The highest BCUT2D eigenvalue weighted by Gasteiger charge is 2.15. The van der Waals surface area contributed by atoms with Gasteiger partial charge in [-0.1, -0.05) is 54.1 Å². The molecule has 0 atom stereocenters. The summed E-state index contributed by atoms with van der Waals surface area (Å²) < 4.78 is 5.66. The maximum absolute atomic E-state index is 12.4. The van der Waals surface area contributed by atoms with Crippen LogP contribution in [0.15, 0.2) is 72.8 Å². The second-order valence-electron chi connectivity index (χ2n) is 7.84. The van der Waals surface area contributed by atoms with Crippen LogP contribution in [-0.2, 0) is 19.5 Å². The third-order valence-corrected chi connectivity index (χ3v) is 5.51. The summed E-state index contributed by atoms with van der Waals surface area (Å²) in [5.74, 6) is 0.750. The minimum Gasteiger partial charge on any atom is -0.492 e. The van der Waals surface area contributed by atoms with Crippen LogP contribution in [0.5, 0.6) is 5.75 Å². The lowest BCUT2D eigenvalue weighted by Gasteiger charge is -2.28. The molecule has 0 spiro atoms. The largest absolute Gasteiger partial charge is 0.492 e. The Balaban J connectivity index is 1.23. The highest BCUT2D eigenvalue weighted by atomic mass is 16.5. The van der Waals surface area contributed by atoms with Gasteiger partial charge in [0.05, 0.1) is 6.54 Å². The average molecular weight is 401 g/mol. The zero-order valence-corrected chi connectivity index (χ0v) is 17.4. The van der Waals surface area contributed by atoms with Crippen molar-refractivity contribution >= 4 is 5.91 Å². The molecule has 1 amide bonds. The van der Waals surface area contributed by atoms with Crippen LogP contribution in [0.3, 0.4) is 0 Å². The van der Waals surface area contributed by atoms with E-state index in [1.54, 1.807) is 0 Å². The van der Waals surface area contributed by atoms with Crippen LogP contribution in [0, 0.1) is 6.92 Å². The van der Waals surface area contributed by atoms with Gasteiger partial charge in [0, 0.05) is 25.2 Å². The lowest BCUT2D eigenvalue weighted by Crippen LogP contribution is -2.30. The summed E-state index contributed by atoms with van der Waals surface area (Å²) in [6.07, 6.45) is 1.10. The number of nitrogens with zero attached hydrogens (tertiary/aromatic N) is 1. The monoisotopic (exact) mass is 400 g/mol. The fourth-order valence-corrected chi connectivity index (χ4v) is 3.78. The smallest absolute Gasteiger partial charge is 0.251 e. The van der Waals surface area contributed by atoms with E-state index in [9.17, 15) is 4.79 Å². The summed E-state index contributed by atoms with van der Waals surface area (Å²) >= 11 is 0. The maximum atomic E-state index is 12.4. The minimum atomic E-state index is -0.0686. The normalized spacial score (nSPS) is 13.5. The molecule has 3 aromatic carbocycles. The van der Waals surface area contributed by atoms with Crippen molar-refractivity contribution in [3.05, 3.63) is 101 Å². The molecule has 3 aromatic rings. The fraction of sp³-hybridized carbons (Fsp3) is 0.269. The van der Waals surface area contributed by atoms with E-state index in [1.165, 1.54) is 22.3 Å². The number of nitrogens with one attached hydrogen (secondary N) is 1. The van der Waals surface area contributed by atoms with Gasteiger partial charge in [-0.15, -0.1) is 0 Å². The first-order chi connectivity index (χ1) is 14.7. The quantitative estimate of drug-likeness (QED) is 0.599. The van der Waals surface area contributed by atoms with Gasteiger partial charge in [0.25, 0.3) is 5.91 Å². The predicted molar refractivity (Wildman–Crippen MR) is 120 cm³/mol. The number of amides is 1. The van der Waals surface area contributed by atoms with Crippen molar-refractivity contribution in [3.63, 3.8) is 0 Å². The fourth-order valence-electron chi connectivity index (χ4n) is 3.78. The molecule has 30 heavy (non-hydrogen) atoms. The minimum absolute atomic E-state index is 0.0686. The molecule has 1 aliphatic rings. The van der Waals surface area contributed by atoms with E-state index in [-0.39, 0.29) is 5.91 Å². The van der Waals surface area contributed by atoms with Crippen LogP contribution in [0.25, 0.3) is 0 Å². The van der Waals surface area contributed by atoms with E-state index < -0.39 is 0 Å². The summed E-state index contributed by atoms with van der Waals surface area (Å²) in [7, 11) is 0. The van der Waals surface area contributed by atoms with Gasteiger partial charge in [0.15, 0.2) is 0 Å². The standard InChI is InChI=1S/C26H28N2O2/c1-20-6-12-25(13-7-20)30-17-15-27-26(29)23-10-8-21(9-11-23)18-28-16-14-22-4-2-3-5-24(22)19-28/h2-13H,14-19H2,1H3,(H,27,29). The molecule has 0 saturated heterocycles. The van der Waals surface area contributed by atoms with Crippen LogP contribution in [0.1, 0.15) is 32.6 Å². The van der Waals surface area contributed by atoms with Crippen LogP contribution >= 0.6 is 0 Å². The van der Waals surface area contributed by atoms with Crippen molar-refractivity contribution in [2.45, 2.75) is 26.4 Å². The number of ether oxygens (including phenoxy) is 1. The van der Waals surface area contributed by atoms with Gasteiger partial charge in [-0.25, -0.2) is 0 Å². The summed E-state index contributed by atoms with van der Waals surface area (Å²) in [6.45, 7) is 5.92. The Labute approximate surface area is 178 Å². The highest BCUT2D eigenvalue weighted by Crippen LogP contribution is 2.20. The lowest BCUT2D eigenvalue weighted by molar-refractivity contribution is 0.0947. The zero-order valence-electron chi connectivity index (χ0n) is 17.4. The first-order valence-corrected chi connectivity index (χ1v) is 10.5. The van der Waals surface area contributed by atoms with Crippen LogP contribution < -0.4 is 10.1 Å². The van der Waals surface area contributed by atoms with Crippen molar-refractivity contribution in [2.24, 2.45) is 0 Å². The van der Waals surface area contributed by atoms with Gasteiger partial charge in [-0.3, -0.25) is 9.69 Å². The molecule has 1 aliphatic heterocycles. The van der Waals surface area contributed by atoms with E-state index in [0.29, 0.717) is 18.7 Å². The molecule has 0 fully saturated rings. The zero-order chi connectivity index (χ0) is 20.8. The molecule has 0 aromatic heterocycles. The van der Waals surface area contributed by atoms with E-state index >= 15 is 0 Å². The first kappa shape index (κ1) is 20.2. The Morgan fingerprint density at radius 3 is 2.47 bits per heavy atom. The molecule has 4 nitrogen and oxygen atoms in total. The van der Waals surface area contributed by atoms with Crippen LogP contribution in [-0.4, -0.2) is 30.5 Å². The SMILES string of the molecule is Cc1ccc(OCCNC(=O)c2ccc(CN3CCc4ccccc4C3)cc2)cc1. The summed E-state index contributed by atoms with van der Waals surface area (Å²) in [5.41, 5.74) is 6.00. The number of fused-ring (bicyclic) bond motifs is 1. The molecule has 154 valence electrons. The number of aryl methyl sites for hydroxylation is 1. The van der Waals surface area contributed by atoms with Gasteiger partial charge in [0.1, 0.15) is 12.4 Å². The van der Waals surface area contributed by atoms with Crippen molar-refractivity contribution < 1.29 is 9.53 Å². The summed E-state index contributed by atoms with van der Waals surface area (Å²) in [5, 5.41) is 2.92. The van der Waals surface area contributed by atoms with Crippen molar-refractivity contribution in [1.82, 2.24) is 10.2 Å². The van der Waals surface area contributed by atoms with E-state index in [4.69, 9.17) is 4.74 Å². The third kappa shape index (κ3) is 5.28. The Bertz CT molecular complexity index is 981. The number of benzene rings is 3. The summed E-state index contributed by atoms with van der Waals surface area (Å²) in [4.78, 5) is 14.8. The molecule has 0 radical (unpaired) electrons. The molecule has 1 heterocycles. The number of hydrogen-bond acceptors (Lipinski definition) is 3. The van der Waals surface area contributed by atoms with E-state index in [0.717, 1.165) is 31.8 Å². The van der Waals surface area contributed by atoms with Crippen LogP contribution in [0.2, 0.25) is 0 Å². The Hall–Kier alpha value is -3.11. The molecule has 4 heteroatoms. The Morgan fingerprint density at radius 2 is 1.70 bits per heavy atom. The summed E-state index contributed by atoms with van der Waals surface area (Å²) in [6, 6.07) is 24.5. The van der Waals surface area contributed by atoms with Gasteiger partial charge in [0.2, 0.25) is 0 Å². The highest BCUT2D eigenvalue weighted by molar-refractivity contribution is 5.94. The molecule has 0 aliphatic carbocycles. The van der Waals surface area contributed by atoms with E-state index in [1.807, 2.05) is 43.3 Å². The second kappa shape index (κ2) is 9.59. The first-order valence-electron chi connectivity index (χ1n) is 10.5. The number of carbonyl (C=O) groups is 1. The number of hydrogen-bond donors (Lipinski definition) is 1. The predicted octanol–water partition coefficient (Wildman–Crippen LogP) is 4.36. The topological polar surface area (TPSA) is 41.6 Å². The van der Waals surface area contributed by atoms with Crippen molar-refractivity contribution in [1.29, 1.82) is 0 Å². The van der Waals surface area contributed by atoms with Gasteiger partial charge < -0.3 is 10.1 Å². The molecule has 0 unspecified atom stereocenters. The van der Waals surface area contributed by atoms with Crippen molar-refractivity contribution in [3.8, 4) is 5.75 Å². The molecule has 1 N–H and O–H groups in total. The second-order valence-corrected chi connectivity index (χ2v) is 7.84. The third-order valence-electron chi connectivity index (χ3n) is 5.51. The number of rotatable bonds is 7. The molecular weight excluding hydrogens is 372 g/mol. The lowest BCUT2D eigenvalue weighted by atomic mass is 9.99. The van der Waals surface area contributed by atoms with Gasteiger partial charge >= 0.3 is 0 Å². The average Bonchev–Trinajstić information content (AvgIpc) is 2.78. The van der Waals surface area contributed by atoms with Gasteiger partial charge in [-0.05, 0) is 54.3 Å². The molecular formula is C26H28N2O2. The number of carbonyl (C=O) groups excluding carboxylic acids is 1. The molecule has 0 bridgehead atoms. The van der Waals surface area contributed by atoms with Crippen molar-refractivity contribution in [2.75, 3.05) is 19.7 Å². The Kier molecular flexibility index (Phi) is 6.45. The molecule has 4 rings (SSSR count). The Morgan fingerprint density at radius 1 is 0.967 bits per heavy atom. The molecule has 0 saturated carbocycles.